The van der Waals surface area contributed by atoms with Crippen LogP contribution in [-0.2, 0) is 38.1 Å². The molecule has 0 bridgehead atoms. The van der Waals surface area contributed by atoms with Crippen molar-refractivity contribution in [3.63, 3.8) is 0 Å². The van der Waals surface area contributed by atoms with Crippen molar-refractivity contribution in [2.24, 2.45) is 0 Å². The van der Waals surface area contributed by atoms with Crippen LogP contribution in [0, 0.1) is 0 Å². The Morgan fingerprint density at radius 2 is 1.05 bits per heavy atom. The summed E-state index contributed by atoms with van der Waals surface area (Å²) in [4.78, 5) is 36.7. The molecule has 1 fully saturated rings. The lowest BCUT2D eigenvalue weighted by Gasteiger charge is -2.47. The zero-order valence-electron chi connectivity index (χ0n) is 22.4. The Morgan fingerprint density at radius 1 is 0.675 bits per heavy atom. The van der Waals surface area contributed by atoms with Crippen LogP contribution in [0.2, 0.25) is 0 Å². The van der Waals surface area contributed by atoms with Crippen LogP contribution in [0.4, 0.5) is 0 Å². The molecule has 0 unspecified atom stereocenters. The van der Waals surface area contributed by atoms with Crippen LogP contribution in [0.1, 0.15) is 37.5 Å². The van der Waals surface area contributed by atoms with Gasteiger partial charge in [0.05, 0.1) is 4.75 Å². The molecule has 9 heteroatoms. The smallest absolute Gasteiger partial charge is 0.303 e. The highest BCUT2D eigenvalue weighted by atomic mass is 127. The second-order valence-corrected chi connectivity index (χ2v) is 11.5. The summed E-state index contributed by atoms with van der Waals surface area (Å²) in [6, 6.07) is 30.1. The van der Waals surface area contributed by atoms with Crippen molar-refractivity contribution in [1.29, 1.82) is 0 Å². The molecule has 3 aromatic carbocycles. The van der Waals surface area contributed by atoms with Crippen molar-refractivity contribution < 1.29 is 33.3 Å². The molecule has 0 amide bonds. The lowest BCUT2D eigenvalue weighted by molar-refractivity contribution is -0.227. The number of rotatable bonds is 9. The van der Waals surface area contributed by atoms with Crippen LogP contribution in [0.3, 0.4) is 0 Å². The Balaban J connectivity index is 1.92. The summed E-state index contributed by atoms with van der Waals surface area (Å²) >= 11 is 3.61. The van der Waals surface area contributed by atoms with Gasteiger partial charge in [0.15, 0.2) is 18.3 Å². The number of thioether (sulfide) groups is 1. The summed E-state index contributed by atoms with van der Waals surface area (Å²) in [5, 5.41) is 0. The molecule has 5 atom stereocenters. The van der Waals surface area contributed by atoms with Gasteiger partial charge in [0, 0.05) is 25.2 Å². The number of carbonyl (C=O) groups is 3. The molecule has 40 heavy (non-hydrogen) atoms. The van der Waals surface area contributed by atoms with E-state index in [1.165, 1.54) is 32.5 Å². The zero-order chi connectivity index (χ0) is 28.7. The summed E-state index contributed by atoms with van der Waals surface area (Å²) in [5.41, 5.74) is 2.15. The van der Waals surface area contributed by atoms with E-state index >= 15 is 0 Å². The first-order valence-electron chi connectivity index (χ1n) is 12.8. The van der Waals surface area contributed by atoms with Gasteiger partial charge in [0.1, 0.15) is 11.5 Å². The average molecular weight is 675 g/mol. The van der Waals surface area contributed by atoms with Crippen molar-refractivity contribution in [3.05, 3.63) is 108 Å². The fourth-order valence-corrected chi connectivity index (χ4v) is 7.39. The maximum atomic E-state index is 12.4. The molecule has 0 spiro atoms. The minimum atomic E-state index is -1.07. The fraction of sp³-hybridized carbons (Fsp3) is 0.323. The van der Waals surface area contributed by atoms with E-state index < -0.39 is 52.5 Å². The highest BCUT2D eigenvalue weighted by Gasteiger charge is 2.54. The number of ether oxygens (including phenoxy) is 4. The summed E-state index contributed by atoms with van der Waals surface area (Å²) < 4.78 is 23.4. The van der Waals surface area contributed by atoms with Crippen LogP contribution < -0.4 is 0 Å². The van der Waals surface area contributed by atoms with Gasteiger partial charge < -0.3 is 18.9 Å². The minimum absolute atomic E-state index is 0.437. The van der Waals surface area contributed by atoms with Crippen molar-refractivity contribution in [3.8, 4) is 0 Å². The largest absolute Gasteiger partial charge is 0.456 e. The van der Waals surface area contributed by atoms with Gasteiger partial charge in [-0.1, -0.05) is 114 Å². The zero-order valence-corrected chi connectivity index (χ0v) is 25.4. The van der Waals surface area contributed by atoms with Crippen molar-refractivity contribution in [2.75, 3.05) is 4.43 Å². The Kier molecular flexibility index (Phi) is 10.3. The maximum Gasteiger partial charge on any atom is 0.303 e. The molecule has 4 rings (SSSR count). The molecule has 7 nitrogen and oxygen atoms in total. The Labute approximate surface area is 252 Å². The highest BCUT2D eigenvalue weighted by molar-refractivity contribution is 14.1. The highest BCUT2D eigenvalue weighted by Crippen LogP contribution is 2.52. The van der Waals surface area contributed by atoms with Gasteiger partial charge in [-0.25, -0.2) is 0 Å². The third-order valence-electron chi connectivity index (χ3n) is 6.48. The SMILES string of the molecule is CC(=O)O[C@@H]1[C@H](OC(C)=O)[C@@H](SC(c2ccccc2)(c2ccccc2)c2ccccc2)O[C@H](CI)[C@H]1OC(C)=O. The van der Waals surface area contributed by atoms with E-state index in [0.29, 0.717) is 4.43 Å². The van der Waals surface area contributed by atoms with Crippen LogP contribution in [0.5, 0.6) is 0 Å². The summed E-state index contributed by atoms with van der Waals surface area (Å²) in [5.74, 6) is -1.71. The van der Waals surface area contributed by atoms with E-state index in [2.05, 4.69) is 59.0 Å². The molecule has 0 aliphatic carbocycles. The Hall–Kier alpha value is -2.89. The number of alkyl halides is 1. The van der Waals surface area contributed by atoms with E-state index in [1.54, 1.807) is 0 Å². The van der Waals surface area contributed by atoms with Gasteiger partial charge in [-0.05, 0) is 16.7 Å². The molecule has 0 N–H and O–H groups in total. The number of carbonyl (C=O) groups excluding carboxylic acids is 3. The Morgan fingerprint density at radius 3 is 1.43 bits per heavy atom. The van der Waals surface area contributed by atoms with Gasteiger partial charge in [0.2, 0.25) is 0 Å². The molecule has 0 saturated carbocycles. The van der Waals surface area contributed by atoms with E-state index in [0.717, 1.165) is 16.7 Å². The van der Waals surface area contributed by atoms with Crippen LogP contribution in [0.25, 0.3) is 0 Å². The summed E-state index contributed by atoms with van der Waals surface area (Å²) in [6.07, 6.45) is -3.72. The van der Waals surface area contributed by atoms with Crippen molar-refractivity contribution in [2.45, 2.75) is 55.4 Å². The molecule has 0 radical (unpaired) electrons. The third kappa shape index (κ3) is 6.70. The summed E-state index contributed by atoms with van der Waals surface area (Å²) in [7, 11) is 0. The molecule has 210 valence electrons. The van der Waals surface area contributed by atoms with E-state index in [4.69, 9.17) is 18.9 Å². The third-order valence-corrected chi connectivity index (χ3v) is 9.02. The summed E-state index contributed by atoms with van der Waals surface area (Å²) in [6.45, 7) is 3.84. The van der Waals surface area contributed by atoms with E-state index in [-0.39, 0.29) is 0 Å². The van der Waals surface area contributed by atoms with Crippen LogP contribution >= 0.6 is 34.4 Å². The second-order valence-electron chi connectivity index (χ2n) is 9.32. The normalized spacial score (nSPS) is 22.6. The molecule has 0 aromatic heterocycles. The molecular formula is C31H31IO7S. The maximum absolute atomic E-state index is 12.4. The minimum Gasteiger partial charge on any atom is -0.456 e. The van der Waals surface area contributed by atoms with E-state index in [1.807, 2.05) is 54.6 Å². The number of hydrogen-bond acceptors (Lipinski definition) is 8. The van der Waals surface area contributed by atoms with Gasteiger partial charge in [-0.3, -0.25) is 14.4 Å². The van der Waals surface area contributed by atoms with E-state index in [9.17, 15) is 14.4 Å². The first-order valence-corrected chi connectivity index (χ1v) is 15.2. The number of esters is 3. The molecule has 1 aliphatic rings. The standard InChI is InChI=1S/C31H31IO7S/c1-20(33)36-27-26(19-32)39-30(29(38-22(3)35)28(27)37-21(2)34)40-31(23-13-7-4-8-14-23,24-15-9-5-10-16-24)25-17-11-6-12-18-25/h4-18,26-30H,19H2,1-3H3/t26-,27-,28+,29+,30-/m1/s1. The molecule has 1 heterocycles. The molecule has 1 aliphatic heterocycles. The first kappa shape index (κ1) is 30.1. The predicted octanol–water partition coefficient (Wildman–Crippen LogP) is 5.67. The quantitative estimate of drug-likeness (QED) is 0.0945. The molecule has 3 aromatic rings. The average Bonchev–Trinajstić information content (AvgIpc) is 2.95. The number of hydrogen-bond donors (Lipinski definition) is 0. The van der Waals surface area contributed by atoms with Gasteiger partial charge in [0.25, 0.3) is 0 Å². The van der Waals surface area contributed by atoms with Gasteiger partial charge >= 0.3 is 17.9 Å². The fourth-order valence-electron chi connectivity index (χ4n) is 4.97. The first-order chi connectivity index (χ1) is 19.3. The molecular weight excluding hydrogens is 643 g/mol. The topological polar surface area (TPSA) is 88.1 Å². The lowest BCUT2D eigenvalue weighted by atomic mass is 9.84. The molecule has 1 saturated heterocycles. The lowest BCUT2D eigenvalue weighted by Crippen LogP contribution is -2.61. The second kappa shape index (κ2) is 13.6. The van der Waals surface area contributed by atoms with Crippen molar-refractivity contribution >= 4 is 52.3 Å². The Bertz CT molecular complexity index is 1190. The van der Waals surface area contributed by atoms with Gasteiger partial charge in [-0.2, -0.15) is 0 Å². The number of benzene rings is 3. The van der Waals surface area contributed by atoms with Crippen LogP contribution in [0.15, 0.2) is 91.0 Å². The van der Waals surface area contributed by atoms with Gasteiger partial charge in [-0.15, -0.1) is 11.8 Å². The number of halogens is 1. The van der Waals surface area contributed by atoms with Crippen LogP contribution in [-0.4, -0.2) is 52.2 Å². The van der Waals surface area contributed by atoms with Crippen molar-refractivity contribution in [1.82, 2.24) is 0 Å². The predicted molar refractivity (Wildman–Crippen MR) is 161 cm³/mol. The monoisotopic (exact) mass is 674 g/mol.